The first-order valence-corrected chi connectivity index (χ1v) is 20.3. The third-order valence-corrected chi connectivity index (χ3v) is 10.8. The highest BCUT2D eigenvalue weighted by Gasteiger charge is 2.20. The summed E-state index contributed by atoms with van der Waals surface area (Å²) < 4.78 is 10.7. The molecule has 0 saturated carbocycles. The molecule has 4 aromatic rings. The van der Waals surface area contributed by atoms with Crippen LogP contribution in [-0.4, -0.2) is 59.1 Å². The van der Waals surface area contributed by atoms with Gasteiger partial charge in [-0.2, -0.15) is 0 Å². The molecule has 0 aliphatic heterocycles. The minimum Gasteiger partial charge on any atom is -0.479 e. The zero-order valence-electron chi connectivity index (χ0n) is 31.7. The van der Waals surface area contributed by atoms with Crippen molar-refractivity contribution in [3.63, 3.8) is 0 Å². The SMILES string of the molecule is CCOC(Cc1ccc(SCC=C(C)C#Cc2ccc3c(c2)Cc2cc(C#CC(C)=CCSc4ccc(CC(OCC)C(=O)O)cc4)ccc2-3)cc1)C(=O)O. The van der Waals surface area contributed by atoms with Crippen molar-refractivity contribution in [3.8, 4) is 34.8 Å². The van der Waals surface area contributed by atoms with Gasteiger partial charge in [0.2, 0.25) is 0 Å². The average Bonchev–Trinajstić information content (AvgIpc) is 3.54. The van der Waals surface area contributed by atoms with Gasteiger partial charge in [-0.05, 0) is 127 Å². The van der Waals surface area contributed by atoms with Crippen molar-refractivity contribution in [1.29, 1.82) is 0 Å². The van der Waals surface area contributed by atoms with E-state index in [2.05, 4.69) is 72.2 Å². The smallest absolute Gasteiger partial charge is 0.333 e. The quantitative estimate of drug-likeness (QED) is 0.0758. The fourth-order valence-electron chi connectivity index (χ4n) is 6.04. The normalized spacial score (nSPS) is 13.1. The van der Waals surface area contributed by atoms with Gasteiger partial charge in [-0.3, -0.25) is 0 Å². The van der Waals surface area contributed by atoms with Crippen LogP contribution in [0.3, 0.4) is 0 Å². The number of aliphatic carboxylic acids is 2. The molecule has 0 radical (unpaired) electrons. The molecule has 0 saturated heterocycles. The number of ether oxygens (including phenoxy) is 2. The molecule has 0 fully saturated rings. The summed E-state index contributed by atoms with van der Waals surface area (Å²) in [7, 11) is 0. The number of rotatable bonds is 16. The molecular formula is C47H46O6S2. The van der Waals surface area contributed by atoms with Crippen LogP contribution in [0.15, 0.2) is 118 Å². The Morgan fingerprint density at radius 2 is 1.05 bits per heavy atom. The number of benzene rings is 4. The lowest BCUT2D eigenvalue weighted by Crippen LogP contribution is -2.26. The van der Waals surface area contributed by atoms with Gasteiger partial charge in [-0.25, -0.2) is 9.59 Å². The monoisotopic (exact) mass is 770 g/mol. The maximum Gasteiger partial charge on any atom is 0.333 e. The van der Waals surface area contributed by atoms with Crippen LogP contribution in [0.1, 0.15) is 61.1 Å². The third kappa shape index (κ3) is 12.5. The predicted molar refractivity (Wildman–Crippen MR) is 224 cm³/mol. The van der Waals surface area contributed by atoms with Crippen LogP contribution in [-0.2, 0) is 38.3 Å². The van der Waals surface area contributed by atoms with E-state index in [1.165, 1.54) is 22.3 Å². The Morgan fingerprint density at radius 1 is 0.655 bits per heavy atom. The van der Waals surface area contributed by atoms with Crippen molar-refractivity contribution < 1.29 is 29.3 Å². The number of allylic oxidation sites excluding steroid dienone is 2. The Hall–Kier alpha value is -4.96. The molecule has 4 aromatic carbocycles. The van der Waals surface area contributed by atoms with Crippen LogP contribution in [0.25, 0.3) is 11.1 Å². The summed E-state index contributed by atoms with van der Waals surface area (Å²) in [5.41, 5.74) is 11.0. The molecule has 0 amide bonds. The molecular weight excluding hydrogens is 725 g/mol. The minimum atomic E-state index is -0.939. The lowest BCUT2D eigenvalue weighted by Gasteiger charge is -2.12. The lowest BCUT2D eigenvalue weighted by molar-refractivity contribution is -0.150. The molecule has 0 spiro atoms. The van der Waals surface area contributed by atoms with Crippen molar-refractivity contribution in [3.05, 3.63) is 142 Å². The topological polar surface area (TPSA) is 93.1 Å². The van der Waals surface area contributed by atoms with E-state index >= 15 is 0 Å². The van der Waals surface area contributed by atoms with E-state index in [9.17, 15) is 19.8 Å². The number of carbonyl (C=O) groups is 2. The maximum absolute atomic E-state index is 11.4. The first-order chi connectivity index (χ1) is 26.6. The number of hydrogen-bond acceptors (Lipinski definition) is 6. The van der Waals surface area contributed by atoms with Crippen molar-refractivity contribution in [2.24, 2.45) is 0 Å². The summed E-state index contributed by atoms with van der Waals surface area (Å²) in [6.07, 6.45) is 4.17. The molecule has 2 unspecified atom stereocenters. The fraction of sp³-hybridized carbons (Fsp3) is 0.277. The summed E-state index contributed by atoms with van der Waals surface area (Å²) >= 11 is 3.43. The second kappa shape index (κ2) is 20.6. The van der Waals surface area contributed by atoms with Crippen LogP contribution in [0.4, 0.5) is 0 Å². The molecule has 1 aliphatic rings. The van der Waals surface area contributed by atoms with Crippen molar-refractivity contribution >= 4 is 35.5 Å². The van der Waals surface area contributed by atoms with Crippen molar-refractivity contribution in [2.45, 2.75) is 69.0 Å². The van der Waals surface area contributed by atoms with E-state index in [1.54, 1.807) is 37.4 Å². The van der Waals surface area contributed by atoms with Gasteiger partial charge in [-0.1, -0.05) is 72.2 Å². The second-order valence-electron chi connectivity index (χ2n) is 13.1. The minimum absolute atomic E-state index is 0.350. The Bertz CT molecular complexity index is 2010. The fourth-order valence-corrected chi connectivity index (χ4v) is 7.75. The molecule has 2 atom stereocenters. The summed E-state index contributed by atoms with van der Waals surface area (Å²) in [6.45, 7) is 8.40. The highest BCUT2D eigenvalue weighted by molar-refractivity contribution is 7.99. The largest absolute Gasteiger partial charge is 0.479 e. The molecule has 0 aromatic heterocycles. The summed E-state index contributed by atoms with van der Waals surface area (Å²) in [5.74, 6) is 13.0. The summed E-state index contributed by atoms with van der Waals surface area (Å²) in [4.78, 5) is 25.0. The van der Waals surface area contributed by atoms with Gasteiger partial charge in [0.25, 0.3) is 0 Å². The number of carboxylic acid groups (broad SMARTS) is 2. The van der Waals surface area contributed by atoms with Gasteiger partial charge in [-0.15, -0.1) is 23.5 Å². The molecule has 0 heterocycles. The number of thioether (sulfide) groups is 2. The van der Waals surface area contributed by atoms with Gasteiger partial charge in [0.1, 0.15) is 0 Å². The maximum atomic E-state index is 11.4. The molecule has 0 bridgehead atoms. The lowest BCUT2D eigenvalue weighted by atomic mass is 10.0. The first-order valence-electron chi connectivity index (χ1n) is 18.4. The molecule has 1 aliphatic carbocycles. The van der Waals surface area contributed by atoms with Gasteiger partial charge in [0.05, 0.1) is 0 Å². The zero-order valence-corrected chi connectivity index (χ0v) is 33.3. The summed E-state index contributed by atoms with van der Waals surface area (Å²) in [6, 6.07) is 28.9. The number of fused-ring (bicyclic) bond motifs is 3. The standard InChI is InChI=1S/C47H46O6S2/c1-5-52-44(46(48)49)29-36-11-17-40(18-12-36)54-25-23-32(3)7-9-34-15-21-42-38(27-34)31-39-28-35(16-22-43(39)42)10-8-33(4)24-26-55-41-19-13-37(14-20-41)30-45(47(50)51)53-6-2/h11-24,27-28,44-45H,5-6,25-26,29-31H2,1-4H3,(H,48,49)(H,50,51). The third-order valence-electron chi connectivity index (χ3n) is 8.94. The molecule has 2 N–H and O–H groups in total. The highest BCUT2D eigenvalue weighted by atomic mass is 32.2. The van der Waals surface area contributed by atoms with E-state index in [1.807, 2.05) is 62.4 Å². The van der Waals surface area contributed by atoms with Gasteiger partial charge in [0.15, 0.2) is 12.2 Å². The van der Waals surface area contributed by atoms with E-state index in [-0.39, 0.29) is 0 Å². The van der Waals surface area contributed by atoms with Crippen molar-refractivity contribution in [1.82, 2.24) is 0 Å². The molecule has 55 heavy (non-hydrogen) atoms. The van der Waals surface area contributed by atoms with Crippen LogP contribution >= 0.6 is 23.5 Å². The molecule has 282 valence electrons. The average molecular weight is 771 g/mol. The van der Waals surface area contributed by atoms with E-state index in [4.69, 9.17) is 9.47 Å². The van der Waals surface area contributed by atoms with E-state index in [0.29, 0.717) is 26.1 Å². The highest BCUT2D eigenvalue weighted by Crippen LogP contribution is 2.37. The molecule has 8 heteroatoms. The molecule has 5 rings (SSSR count). The van der Waals surface area contributed by atoms with Gasteiger partial charge < -0.3 is 19.7 Å². The first kappa shape index (κ1) is 41.2. The molecule has 6 nitrogen and oxygen atoms in total. The van der Waals surface area contributed by atoms with Crippen LogP contribution < -0.4 is 0 Å². The van der Waals surface area contributed by atoms with Gasteiger partial charge in [0, 0.05) is 58.5 Å². The van der Waals surface area contributed by atoms with Crippen LogP contribution in [0.2, 0.25) is 0 Å². The Balaban J connectivity index is 1.10. The van der Waals surface area contributed by atoms with E-state index < -0.39 is 24.1 Å². The van der Waals surface area contributed by atoms with Crippen LogP contribution in [0.5, 0.6) is 0 Å². The van der Waals surface area contributed by atoms with Crippen LogP contribution in [0, 0.1) is 23.7 Å². The van der Waals surface area contributed by atoms with E-state index in [0.717, 1.165) is 61.1 Å². The Labute approximate surface area is 333 Å². The Kier molecular flexibility index (Phi) is 15.5. The van der Waals surface area contributed by atoms with Gasteiger partial charge >= 0.3 is 11.9 Å². The van der Waals surface area contributed by atoms with Crippen molar-refractivity contribution in [2.75, 3.05) is 24.7 Å². The predicted octanol–water partition coefficient (Wildman–Crippen LogP) is 9.50. The summed E-state index contributed by atoms with van der Waals surface area (Å²) in [5, 5.41) is 18.7. The number of hydrogen-bond donors (Lipinski definition) is 2. The Morgan fingerprint density at radius 3 is 1.42 bits per heavy atom. The number of carboxylic acids is 2. The second-order valence-corrected chi connectivity index (χ2v) is 15.3. The zero-order chi connectivity index (χ0) is 39.2.